The lowest BCUT2D eigenvalue weighted by atomic mass is 9.97. The molecule has 0 fully saturated rings. The summed E-state index contributed by atoms with van der Waals surface area (Å²) in [4.78, 5) is 50.1. The number of nitrogens with one attached hydrogen (secondary N) is 3. The molecule has 3 amide bonds. The van der Waals surface area contributed by atoms with Gasteiger partial charge in [0.25, 0.3) is 0 Å². The molecular formula is C28H41N3O7. The Morgan fingerprint density at radius 2 is 1.61 bits per heavy atom. The summed E-state index contributed by atoms with van der Waals surface area (Å²) >= 11 is 0. The lowest BCUT2D eigenvalue weighted by molar-refractivity contribution is -0.148. The van der Waals surface area contributed by atoms with Gasteiger partial charge in [-0.1, -0.05) is 56.3 Å². The molecule has 4 atom stereocenters. The van der Waals surface area contributed by atoms with Crippen molar-refractivity contribution in [3.8, 4) is 0 Å². The van der Waals surface area contributed by atoms with Gasteiger partial charge in [0.1, 0.15) is 19.3 Å². The highest BCUT2D eigenvalue weighted by Crippen LogP contribution is 2.13. The van der Waals surface area contributed by atoms with Gasteiger partial charge in [0.2, 0.25) is 11.8 Å². The van der Waals surface area contributed by atoms with E-state index in [0.29, 0.717) is 0 Å². The second-order valence-corrected chi connectivity index (χ2v) is 9.35. The summed E-state index contributed by atoms with van der Waals surface area (Å²) in [6, 6.07) is 7.15. The number of allylic oxidation sites excluding steroid dienone is 1. The molecule has 10 heteroatoms. The molecule has 210 valence electrons. The van der Waals surface area contributed by atoms with Crippen molar-refractivity contribution in [3.05, 3.63) is 61.2 Å². The van der Waals surface area contributed by atoms with Crippen molar-refractivity contribution in [1.82, 2.24) is 16.0 Å². The van der Waals surface area contributed by atoms with E-state index in [1.54, 1.807) is 13.0 Å². The first kappa shape index (κ1) is 32.4. The predicted molar refractivity (Wildman–Crippen MR) is 144 cm³/mol. The molecule has 0 radical (unpaired) electrons. The maximum absolute atomic E-state index is 12.9. The first-order valence-corrected chi connectivity index (χ1v) is 12.7. The Bertz CT molecular complexity index is 920. The number of carbonyl (C=O) groups is 4. The van der Waals surface area contributed by atoms with E-state index in [2.05, 4.69) is 29.1 Å². The molecule has 0 aliphatic rings. The maximum Gasteiger partial charge on any atom is 0.408 e. The molecule has 0 saturated heterocycles. The van der Waals surface area contributed by atoms with Gasteiger partial charge in [-0.2, -0.15) is 0 Å². The second kappa shape index (κ2) is 17.7. The second-order valence-electron chi connectivity index (χ2n) is 9.35. The molecular weight excluding hydrogens is 490 g/mol. The average molecular weight is 532 g/mol. The minimum Gasteiger partial charge on any atom is -0.462 e. The van der Waals surface area contributed by atoms with E-state index in [9.17, 15) is 19.2 Å². The summed E-state index contributed by atoms with van der Waals surface area (Å²) in [5, 5.41) is 17.1. The van der Waals surface area contributed by atoms with E-state index in [4.69, 9.17) is 14.6 Å². The molecule has 1 aromatic carbocycles. The summed E-state index contributed by atoms with van der Waals surface area (Å²) in [6.45, 7) is 12.4. The van der Waals surface area contributed by atoms with Crippen LogP contribution in [0.5, 0.6) is 0 Å². The Morgan fingerprint density at radius 3 is 2.18 bits per heavy atom. The lowest BCUT2D eigenvalue weighted by Gasteiger charge is -2.26. The smallest absolute Gasteiger partial charge is 0.408 e. The van der Waals surface area contributed by atoms with Crippen molar-refractivity contribution < 1.29 is 33.8 Å². The van der Waals surface area contributed by atoms with Gasteiger partial charge in [-0.15, -0.1) is 13.2 Å². The van der Waals surface area contributed by atoms with Crippen LogP contribution in [-0.2, 0) is 30.5 Å². The van der Waals surface area contributed by atoms with Gasteiger partial charge in [0.15, 0.2) is 0 Å². The van der Waals surface area contributed by atoms with Crippen LogP contribution in [0.15, 0.2) is 55.6 Å². The largest absolute Gasteiger partial charge is 0.462 e. The standard InChI is InChI=1S/C28H41N3O7/c1-6-11-22(15-25(33)29-20(5)16-32)26(34)30-24(19(3)4)18-37-27(35)23(12-7-2)31-28(36)38-17-21-13-9-8-10-14-21/h6-10,13-14,19-20,22-24,32H,1-2,11-12,15-18H2,3-5H3,(H,29,33)(H,30,34)(H,31,36)/t20-,22-,23-,24-/m1/s1. The van der Waals surface area contributed by atoms with Crippen molar-refractivity contribution in [1.29, 1.82) is 0 Å². The molecule has 1 rings (SSSR count). The van der Waals surface area contributed by atoms with Crippen molar-refractivity contribution in [3.63, 3.8) is 0 Å². The fraction of sp³-hybridized carbons (Fsp3) is 0.500. The third kappa shape index (κ3) is 12.5. The number of amides is 3. The molecule has 0 aliphatic carbocycles. The zero-order valence-electron chi connectivity index (χ0n) is 22.5. The first-order valence-electron chi connectivity index (χ1n) is 12.7. The zero-order chi connectivity index (χ0) is 28.5. The van der Waals surface area contributed by atoms with Gasteiger partial charge in [-0.25, -0.2) is 9.59 Å². The third-order valence-electron chi connectivity index (χ3n) is 5.66. The fourth-order valence-corrected chi connectivity index (χ4v) is 3.35. The number of aliphatic hydroxyl groups excluding tert-OH is 1. The van der Waals surface area contributed by atoms with Crippen molar-refractivity contribution in [2.24, 2.45) is 11.8 Å². The Morgan fingerprint density at radius 1 is 0.947 bits per heavy atom. The fourth-order valence-electron chi connectivity index (χ4n) is 3.35. The molecule has 10 nitrogen and oxygen atoms in total. The Kier molecular flexibility index (Phi) is 15.1. The quantitative estimate of drug-likeness (QED) is 0.179. The summed E-state index contributed by atoms with van der Waals surface area (Å²) in [5.41, 5.74) is 0.802. The number of hydrogen-bond acceptors (Lipinski definition) is 7. The van der Waals surface area contributed by atoms with E-state index >= 15 is 0 Å². The molecule has 0 unspecified atom stereocenters. The molecule has 0 bridgehead atoms. The van der Waals surface area contributed by atoms with Gasteiger partial charge in [0, 0.05) is 12.5 Å². The van der Waals surface area contributed by atoms with Crippen molar-refractivity contribution in [2.75, 3.05) is 13.2 Å². The van der Waals surface area contributed by atoms with Crippen LogP contribution in [0.25, 0.3) is 0 Å². The topological polar surface area (TPSA) is 143 Å². The number of hydrogen-bond donors (Lipinski definition) is 4. The van der Waals surface area contributed by atoms with Crippen molar-refractivity contribution >= 4 is 23.9 Å². The zero-order valence-corrected chi connectivity index (χ0v) is 22.5. The number of esters is 1. The van der Waals surface area contributed by atoms with Crippen LogP contribution < -0.4 is 16.0 Å². The molecule has 0 heterocycles. The van der Waals surface area contributed by atoms with E-state index in [0.717, 1.165) is 5.56 Å². The number of benzene rings is 1. The highest BCUT2D eigenvalue weighted by atomic mass is 16.6. The SMILES string of the molecule is C=CC[C@H](CC(=O)N[C@H](C)CO)C(=O)N[C@H](COC(=O)[C@@H](CC=C)NC(=O)OCc1ccccc1)C(C)C. The molecule has 1 aromatic rings. The first-order chi connectivity index (χ1) is 18.1. The van der Waals surface area contributed by atoms with Crippen LogP contribution in [-0.4, -0.2) is 60.3 Å². The highest BCUT2D eigenvalue weighted by molar-refractivity contribution is 5.86. The number of aliphatic hydroxyl groups is 1. The number of carbonyl (C=O) groups excluding carboxylic acids is 4. The van der Waals surface area contributed by atoms with E-state index in [1.807, 2.05) is 44.2 Å². The van der Waals surface area contributed by atoms with E-state index in [-0.39, 0.29) is 56.8 Å². The van der Waals surface area contributed by atoms with Crippen molar-refractivity contribution in [2.45, 2.75) is 64.8 Å². The van der Waals surface area contributed by atoms with E-state index < -0.39 is 36.1 Å². The van der Waals surface area contributed by atoms with Crippen LogP contribution in [0.3, 0.4) is 0 Å². The monoisotopic (exact) mass is 531 g/mol. The molecule has 0 aliphatic heterocycles. The molecule has 4 N–H and O–H groups in total. The third-order valence-corrected chi connectivity index (χ3v) is 5.66. The maximum atomic E-state index is 12.9. The Hall–Kier alpha value is -3.66. The van der Waals surface area contributed by atoms with Crippen LogP contribution in [0.2, 0.25) is 0 Å². The Balaban J connectivity index is 2.70. The lowest BCUT2D eigenvalue weighted by Crippen LogP contribution is -2.48. The number of rotatable bonds is 17. The van der Waals surface area contributed by atoms with Gasteiger partial charge in [-0.3, -0.25) is 9.59 Å². The van der Waals surface area contributed by atoms with Gasteiger partial charge in [-0.05, 0) is 31.2 Å². The summed E-state index contributed by atoms with van der Waals surface area (Å²) in [7, 11) is 0. The molecule has 38 heavy (non-hydrogen) atoms. The van der Waals surface area contributed by atoms with Crippen LogP contribution in [0.1, 0.15) is 45.6 Å². The summed E-state index contributed by atoms with van der Waals surface area (Å²) < 4.78 is 10.6. The van der Waals surface area contributed by atoms with Crippen LogP contribution >= 0.6 is 0 Å². The number of ether oxygens (including phenoxy) is 2. The molecule has 0 saturated carbocycles. The summed E-state index contributed by atoms with van der Waals surface area (Å²) in [5.74, 6) is -2.21. The predicted octanol–water partition coefficient (Wildman–Crippen LogP) is 2.62. The van der Waals surface area contributed by atoms with Crippen LogP contribution in [0.4, 0.5) is 4.79 Å². The Labute approximate surface area is 224 Å². The van der Waals surface area contributed by atoms with Crippen LogP contribution in [0, 0.1) is 11.8 Å². The highest BCUT2D eigenvalue weighted by Gasteiger charge is 2.27. The molecule has 0 spiro atoms. The number of alkyl carbamates (subject to hydrolysis) is 1. The van der Waals surface area contributed by atoms with Gasteiger partial charge in [0.05, 0.1) is 18.6 Å². The minimum absolute atomic E-state index is 0.0484. The normalized spacial score (nSPS) is 13.8. The average Bonchev–Trinajstić information content (AvgIpc) is 2.89. The van der Waals surface area contributed by atoms with Gasteiger partial charge < -0.3 is 30.5 Å². The summed E-state index contributed by atoms with van der Waals surface area (Å²) in [6.07, 6.45) is 2.58. The minimum atomic E-state index is -1.01. The molecule has 0 aromatic heterocycles. The van der Waals surface area contributed by atoms with E-state index in [1.165, 1.54) is 6.08 Å². The van der Waals surface area contributed by atoms with Gasteiger partial charge >= 0.3 is 12.1 Å².